The quantitative estimate of drug-likeness (QED) is 0.540. The molecule has 1 aliphatic heterocycles. The summed E-state index contributed by atoms with van der Waals surface area (Å²) in [6.07, 6.45) is -4.70. The Hall–Kier alpha value is -1.61. The topological polar surface area (TPSA) is 27.0 Å². The van der Waals surface area contributed by atoms with Gasteiger partial charge in [-0.25, -0.2) is 0 Å². The Bertz CT molecular complexity index is 869. The highest BCUT2D eigenvalue weighted by atomic mass is 35.5. The first-order valence-electron chi connectivity index (χ1n) is 7.65. The fourth-order valence-electron chi connectivity index (χ4n) is 3.32. The lowest BCUT2D eigenvalue weighted by Gasteiger charge is -2.33. The predicted octanol–water partition coefficient (Wildman–Crippen LogP) is 6.23. The van der Waals surface area contributed by atoms with Crippen LogP contribution < -0.4 is 4.90 Å². The molecule has 1 atom stereocenters. The van der Waals surface area contributed by atoms with Gasteiger partial charge in [0.15, 0.2) is 0 Å². The lowest BCUT2D eigenvalue weighted by atomic mass is 9.79. The molecule has 0 unspecified atom stereocenters. The third kappa shape index (κ3) is 3.11. The zero-order valence-electron chi connectivity index (χ0n) is 13.2. The van der Waals surface area contributed by atoms with Gasteiger partial charge in [0.05, 0.1) is 26.3 Å². The van der Waals surface area contributed by atoms with E-state index in [0.29, 0.717) is 11.3 Å². The Morgan fingerprint density at radius 2 is 1.69 bits per heavy atom. The Labute approximate surface area is 163 Å². The summed E-state index contributed by atoms with van der Waals surface area (Å²) < 4.78 is 42.4. The average molecular weight is 420 g/mol. The molecule has 1 aliphatic rings. The first kappa shape index (κ1) is 19.2. The molecule has 2 aromatic carbocycles. The smallest absolute Gasteiger partial charge is 0.369 e. The number of benzene rings is 2. The highest BCUT2D eigenvalue weighted by molar-refractivity contribution is 6.48. The molecule has 1 saturated heterocycles. The van der Waals surface area contributed by atoms with Gasteiger partial charge in [-0.1, -0.05) is 46.9 Å². The van der Waals surface area contributed by atoms with Crippen LogP contribution in [0.25, 0.3) is 0 Å². The number of nitrogens with zero attached hydrogens (tertiary/aromatic N) is 2. The van der Waals surface area contributed by atoms with E-state index in [1.54, 1.807) is 29.2 Å². The number of alkyl halides is 3. The van der Waals surface area contributed by atoms with Crippen LogP contribution in [0.5, 0.6) is 0 Å². The van der Waals surface area contributed by atoms with Crippen molar-refractivity contribution < 1.29 is 13.2 Å². The van der Waals surface area contributed by atoms with Crippen molar-refractivity contribution in [3.8, 4) is 6.07 Å². The monoisotopic (exact) mass is 418 g/mol. The zero-order valence-corrected chi connectivity index (χ0v) is 15.5. The van der Waals surface area contributed by atoms with Gasteiger partial charge in [0.2, 0.25) is 0 Å². The van der Waals surface area contributed by atoms with Crippen LogP contribution in [0.2, 0.25) is 15.1 Å². The standard InChI is InChI=1S/C18H12Cl3F3N2/c19-13-7-12(8-14(20)16(13)21)17(18(22,23)24)5-6-26(10-17)15-4-2-1-3-11(15)9-25/h1-4,7-8H,5-6,10H2/t17-/m0/s1. The van der Waals surface area contributed by atoms with Crippen LogP contribution in [0, 0.1) is 11.3 Å². The Morgan fingerprint density at radius 3 is 2.27 bits per heavy atom. The summed E-state index contributed by atoms with van der Waals surface area (Å²) in [5, 5.41) is 9.23. The van der Waals surface area contributed by atoms with Crippen molar-refractivity contribution in [3.05, 3.63) is 62.6 Å². The van der Waals surface area contributed by atoms with Crippen LogP contribution in [0.4, 0.5) is 18.9 Å². The van der Waals surface area contributed by atoms with E-state index in [9.17, 15) is 18.4 Å². The van der Waals surface area contributed by atoms with Crippen molar-refractivity contribution in [1.82, 2.24) is 0 Å². The molecular weight excluding hydrogens is 408 g/mol. The van der Waals surface area contributed by atoms with Crippen LogP contribution in [0.15, 0.2) is 36.4 Å². The summed E-state index contributed by atoms with van der Waals surface area (Å²) in [5.74, 6) is 0. The van der Waals surface area contributed by atoms with Crippen molar-refractivity contribution in [2.75, 3.05) is 18.0 Å². The van der Waals surface area contributed by atoms with E-state index in [2.05, 4.69) is 0 Å². The number of hydrogen-bond acceptors (Lipinski definition) is 2. The highest BCUT2D eigenvalue weighted by Gasteiger charge is 2.59. The Balaban J connectivity index is 2.09. The molecule has 1 heterocycles. The second kappa shape index (κ2) is 6.84. The van der Waals surface area contributed by atoms with Crippen LogP contribution in [-0.4, -0.2) is 19.3 Å². The van der Waals surface area contributed by atoms with E-state index in [1.807, 2.05) is 6.07 Å². The van der Waals surface area contributed by atoms with Crippen molar-refractivity contribution in [2.24, 2.45) is 0 Å². The molecule has 0 spiro atoms. The van der Waals surface area contributed by atoms with Gasteiger partial charge in [-0.2, -0.15) is 18.4 Å². The van der Waals surface area contributed by atoms with Gasteiger partial charge in [0.1, 0.15) is 11.5 Å². The second-order valence-corrected chi connectivity index (χ2v) is 7.33. The van der Waals surface area contributed by atoms with Gasteiger partial charge in [0, 0.05) is 13.1 Å². The fraction of sp³-hybridized carbons (Fsp3) is 0.278. The van der Waals surface area contributed by atoms with E-state index in [-0.39, 0.29) is 40.1 Å². The summed E-state index contributed by atoms with van der Waals surface area (Å²) in [4.78, 5) is 1.57. The van der Waals surface area contributed by atoms with E-state index in [4.69, 9.17) is 34.8 Å². The van der Waals surface area contributed by atoms with Crippen molar-refractivity contribution in [3.63, 3.8) is 0 Å². The van der Waals surface area contributed by atoms with Gasteiger partial charge in [-0.05, 0) is 36.2 Å². The van der Waals surface area contributed by atoms with E-state index in [1.165, 1.54) is 12.1 Å². The maximum atomic E-state index is 14.1. The number of hydrogen-bond donors (Lipinski definition) is 0. The molecule has 8 heteroatoms. The largest absolute Gasteiger partial charge is 0.400 e. The lowest BCUT2D eigenvalue weighted by Crippen LogP contribution is -2.45. The molecule has 3 rings (SSSR count). The molecule has 26 heavy (non-hydrogen) atoms. The fourth-order valence-corrected chi connectivity index (χ4v) is 3.92. The Kier molecular flexibility index (Phi) is 5.04. The number of halogens is 6. The van der Waals surface area contributed by atoms with Crippen LogP contribution in [0.3, 0.4) is 0 Å². The predicted molar refractivity (Wildman–Crippen MR) is 97.2 cm³/mol. The van der Waals surface area contributed by atoms with Gasteiger partial charge in [0.25, 0.3) is 0 Å². The molecule has 0 N–H and O–H groups in total. The Morgan fingerprint density at radius 1 is 1.08 bits per heavy atom. The number of para-hydroxylation sites is 1. The van der Waals surface area contributed by atoms with Gasteiger partial charge >= 0.3 is 6.18 Å². The summed E-state index contributed by atoms with van der Waals surface area (Å²) in [6.45, 7) is -0.181. The van der Waals surface area contributed by atoms with Crippen molar-refractivity contribution in [1.29, 1.82) is 5.26 Å². The zero-order chi connectivity index (χ0) is 19.1. The number of nitriles is 1. The van der Waals surface area contributed by atoms with Gasteiger partial charge in [-0.3, -0.25) is 0 Å². The molecule has 136 valence electrons. The number of anilines is 1. The minimum absolute atomic E-state index is 0.0198. The maximum Gasteiger partial charge on any atom is 0.400 e. The molecule has 2 aromatic rings. The molecule has 1 fully saturated rings. The third-order valence-corrected chi connectivity index (χ3v) is 5.91. The third-order valence-electron chi connectivity index (χ3n) is 4.71. The number of rotatable bonds is 2. The first-order chi connectivity index (χ1) is 12.2. The molecule has 0 amide bonds. The SMILES string of the molecule is N#Cc1ccccc1N1CC[C@](c2cc(Cl)c(Cl)c(Cl)c2)(C(F)(F)F)C1. The molecule has 2 nitrogen and oxygen atoms in total. The highest BCUT2D eigenvalue weighted by Crippen LogP contribution is 2.50. The summed E-state index contributed by atoms with van der Waals surface area (Å²) >= 11 is 17.8. The minimum atomic E-state index is -4.52. The minimum Gasteiger partial charge on any atom is -0.369 e. The molecule has 0 saturated carbocycles. The van der Waals surface area contributed by atoms with E-state index in [0.717, 1.165) is 0 Å². The molecule has 0 aliphatic carbocycles. The molecule has 0 aromatic heterocycles. The first-order valence-corrected chi connectivity index (χ1v) is 8.79. The average Bonchev–Trinajstić information content (AvgIpc) is 3.05. The summed E-state index contributed by atoms with van der Waals surface area (Å²) in [7, 11) is 0. The molecular formula is C18H12Cl3F3N2. The normalized spacial score (nSPS) is 20.3. The van der Waals surface area contributed by atoms with Gasteiger partial charge < -0.3 is 4.90 Å². The van der Waals surface area contributed by atoms with Crippen LogP contribution in [0.1, 0.15) is 17.5 Å². The summed E-state index contributed by atoms with van der Waals surface area (Å²) in [5.41, 5.74) is -1.36. The van der Waals surface area contributed by atoms with Crippen molar-refractivity contribution in [2.45, 2.75) is 18.0 Å². The van der Waals surface area contributed by atoms with Crippen LogP contribution >= 0.6 is 34.8 Å². The maximum absolute atomic E-state index is 14.1. The molecule has 0 radical (unpaired) electrons. The second-order valence-electron chi connectivity index (χ2n) is 6.13. The van der Waals surface area contributed by atoms with Gasteiger partial charge in [-0.15, -0.1) is 0 Å². The van der Waals surface area contributed by atoms with Crippen molar-refractivity contribution >= 4 is 40.5 Å². The van der Waals surface area contributed by atoms with E-state index >= 15 is 0 Å². The van der Waals surface area contributed by atoms with Crippen LogP contribution in [-0.2, 0) is 5.41 Å². The lowest BCUT2D eigenvalue weighted by molar-refractivity contribution is -0.184. The summed E-state index contributed by atoms with van der Waals surface area (Å²) in [6, 6.07) is 11.1. The molecule has 0 bridgehead atoms. The van der Waals surface area contributed by atoms with E-state index < -0.39 is 11.6 Å².